The van der Waals surface area contributed by atoms with E-state index in [1.165, 1.54) is 57.1 Å². The lowest BCUT2D eigenvalue weighted by Gasteiger charge is -2.29. The molecule has 0 saturated carbocycles. The van der Waals surface area contributed by atoms with Gasteiger partial charge in [0.1, 0.15) is 0 Å². The number of piperidine rings is 1. The summed E-state index contributed by atoms with van der Waals surface area (Å²) in [6.07, 6.45) is 5.89. The molecule has 1 N–H and O–H groups in total. The van der Waals surface area contributed by atoms with Crippen molar-refractivity contribution >= 4 is 28.9 Å². The molecule has 1 aromatic rings. The Balaban J connectivity index is 0.00000147. The molecule has 0 radical (unpaired) electrons. The molecule has 2 aliphatic rings. The quantitative estimate of drug-likeness (QED) is 0.925. The number of hydrogen-bond acceptors (Lipinski definition) is 5. The summed E-state index contributed by atoms with van der Waals surface area (Å²) in [7, 11) is 0. The fourth-order valence-electron chi connectivity index (χ4n) is 3.15. The van der Waals surface area contributed by atoms with Crippen LogP contribution < -0.4 is 10.2 Å². The van der Waals surface area contributed by atoms with Crippen molar-refractivity contribution in [3.05, 3.63) is 11.6 Å². The molecule has 3 heterocycles. The van der Waals surface area contributed by atoms with Crippen molar-refractivity contribution in [3.63, 3.8) is 0 Å². The van der Waals surface area contributed by atoms with Crippen molar-refractivity contribution in [2.24, 2.45) is 5.92 Å². The molecule has 1 aromatic heterocycles. The molecule has 0 atom stereocenters. The highest BCUT2D eigenvalue weighted by molar-refractivity contribution is 7.13. The van der Waals surface area contributed by atoms with Gasteiger partial charge in [-0.2, -0.15) is 0 Å². The predicted octanol–water partition coefficient (Wildman–Crippen LogP) is 2.08. The summed E-state index contributed by atoms with van der Waals surface area (Å²) < 4.78 is 0. The zero-order valence-electron chi connectivity index (χ0n) is 12.0. The average Bonchev–Trinajstić information content (AvgIpc) is 2.88. The third-order valence-electron chi connectivity index (χ3n) is 4.25. The van der Waals surface area contributed by atoms with Crippen LogP contribution >= 0.6 is 23.7 Å². The molecule has 2 aliphatic heterocycles. The first-order chi connectivity index (χ1) is 9.42. The van der Waals surface area contributed by atoms with Crippen LogP contribution in [0.15, 0.2) is 11.6 Å². The second kappa shape index (κ2) is 8.17. The summed E-state index contributed by atoms with van der Waals surface area (Å²) in [6.45, 7) is 8.48. The first kappa shape index (κ1) is 16.0. The molecule has 0 aliphatic carbocycles. The molecule has 114 valence electrons. The molecule has 20 heavy (non-hydrogen) atoms. The van der Waals surface area contributed by atoms with Crippen LogP contribution in [0.3, 0.4) is 0 Å². The fourth-order valence-corrected chi connectivity index (χ4v) is 3.84. The van der Waals surface area contributed by atoms with Crippen LogP contribution in [0.1, 0.15) is 19.3 Å². The van der Waals surface area contributed by atoms with E-state index >= 15 is 0 Å². The number of aromatic nitrogens is 1. The molecule has 6 heteroatoms. The lowest BCUT2D eigenvalue weighted by Crippen LogP contribution is -2.38. The van der Waals surface area contributed by atoms with Crippen LogP contribution in [-0.2, 0) is 0 Å². The molecular weight excluding hydrogens is 292 g/mol. The molecule has 3 rings (SSSR count). The third-order valence-corrected chi connectivity index (χ3v) is 5.09. The highest BCUT2D eigenvalue weighted by Crippen LogP contribution is 2.20. The Hall–Kier alpha value is -0.360. The zero-order chi connectivity index (χ0) is 12.9. The van der Waals surface area contributed by atoms with E-state index in [0.717, 1.165) is 19.0 Å². The van der Waals surface area contributed by atoms with Gasteiger partial charge in [0.2, 0.25) is 0 Å². The second-order valence-electron chi connectivity index (χ2n) is 5.65. The van der Waals surface area contributed by atoms with E-state index in [1.807, 2.05) is 6.20 Å². The minimum Gasteiger partial charge on any atom is -0.347 e. The van der Waals surface area contributed by atoms with Crippen LogP contribution in [-0.4, -0.2) is 55.7 Å². The zero-order valence-corrected chi connectivity index (χ0v) is 13.6. The molecule has 2 fully saturated rings. The Bertz CT molecular complexity index is 367. The Labute approximate surface area is 132 Å². The summed E-state index contributed by atoms with van der Waals surface area (Å²) >= 11 is 1.76. The molecule has 0 unspecified atom stereocenters. The lowest BCUT2D eigenvalue weighted by atomic mass is 9.97. The fraction of sp³-hybridized carbons (Fsp3) is 0.786. The highest BCUT2D eigenvalue weighted by Gasteiger charge is 2.20. The Morgan fingerprint density at radius 3 is 2.80 bits per heavy atom. The Morgan fingerprint density at radius 1 is 1.20 bits per heavy atom. The molecule has 4 nitrogen and oxygen atoms in total. The Kier molecular flexibility index (Phi) is 6.55. The SMILES string of the molecule is Cl.c1csc(N2CCCN(CC3CCNCC3)CC2)n1. The summed E-state index contributed by atoms with van der Waals surface area (Å²) in [6, 6.07) is 0. The lowest BCUT2D eigenvalue weighted by molar-refractivity contribution is 0.216. The summed E-state index contributed by atoms with van der Waals surface area (Å²) in [5.74, 6) is 0.910. The summed E-state index contributed by atoms with van der Waals surface area (Å²) in [5, 5.41) is 6.73. The largest absolute Gasteiger partial charge is 0.347 e. The van der Waals surface area contributed by atoms with Crippen molar-refractivity contribution in [2.45, 2.75) is 19.3 Å². The van der Waals surface area contributed by atoms with Crippen molar-refractivity contribution in [3.8, 4) is 0 Å². The maximum absolute atomic E-state index is 4.44. The van der Waals surface area contributed by atoms with E-state index in [4.69, 9.17) is 0 Å². The normalized spacial score (nSPS) is 22.3. The maximum atomic E-state index is 4.44. The molecule has 0 amide bonds. The standard InChI is InChI=1S/C14H24N4S.ClH/c1-7-17(12-13-2-4-15-5-3-13)9-10-18(8-1)14-16-6-11-19-14;/h6,11,13,15H,1-5,7-10,12H2;1H. The van der Waals surface area contributed by atoms with Crippen LogP contribution in [0, 0.1) is 5.92 Å². The third kappa shape index (κ3) is 4.32. The number of rotatable bonds is 3. The first-order valence-electron chi connectivity index (χ1n) is 7.49. The molecule has 0 bridgehead atoms. The van der Waals surface area contributed by atoms with Crippen LogP contribution in [0.5, 0.6) is 0 Å². The first-order valence-corrected chi connectivity index (χ1v) is 8.37. The summed E-state index contributed by atoms with van der Waals surface area (Å²) in [4.78, 5) is 9.56. The monoisotopic (exact) mass is 316 g/mol. The van der Waals surface area contributed by atoms with Gasteiger partial charge in [0, 0.05) is 37.8 Å². The molecule has 2 saturated heterocycles. The smallest absolute Gasteiger partial charge is 0.185 e. The minimum absolute atomic E-state index is 0. The maximum Gasteiger partial charge on any atom is 0.185 e. The highest BCUT2D eigenvalue weighted by atomic mass is 35.5. The minimum atomic E-state index is 0. The van der Waals surface area contributed by atoms with Crippen LogP contribution in [0.25, 0.3) is 0 Å². The van der Waals surface area contributed by atoms with E-state index in [1.54, 1.807) is 11.3 Å². The van der Waals surface area contributed by atoms with E-state index in [0.29, 0.717) is 0 Å². The van der Waals surface area contributed by atoms with Crippen LogP contribution in [0.2, 0.25) is 0 Å². The van der Waals surface area contributed by atoms with Crippen molar-refractivity contribution in [2.75, 3.05) is 50.7 Å². The number of nitrogens with zero attached hydrogens (tertiary/aromatic N) is 3. The second-order valence-corrected chi connectivity index (χ2v) is 6.52. The number of halogens is 1. The van der Waals surface area contributed by atoms with Gasteiger partial charge in [0.05, 0.1) is 0 Å². The Morgan fingerprint density at radius 2 is 2.05 bits per heavy atom. The van der Waals surface area contributed by atoms with E-state index in [2.05, 4.69) is 25.5 Å². The molecule has 0 spiro atoms. The van der Waals surface area contributed by atoms with Gasteiger partial charge in [0.15, 0.2) is 5.13 Å². The van der Waals surface area contributed by atoms with E-state index in [9.17, 15) is 0 Å². The molecule has 0 aromatic carbocycles. The van der Waals surface area contributed by atoms with Crippen molar-refractivity contribution in [1.82, 2.24) is 15.2 Å². The van der Waals surface area contributed by atoms with Crippen molar-refractivity contribution < 1.29 is 0 Å². The van der Waals surface area contributed by atoms with Gasteiger partial charge in [-0.3, -0.25) is 0 Å². The van der Waals surface area contributed by atoms with Gasteiger partial charge in [-0.25, -0.2) is 4.98 Å². The number of hydrogen-bond donors (Lipinski definition) is 1. The predicted molar refractivity (Wildman–Crippen MR) is 88.2 cm³/mol. The van der Waals surface area contributed by atoms with Gasteiger partial charge in [0.25, 0.3) is 0 Å². The van der Waals surface area contributed by atoms with Gasteiger partial charge in [-0.15, -0.1) is 23.7 Å². The average molecular weight is 317 g/mol. The number of nitrogens with one attached hydrogen (secondary N) is 1. The number of anilines is 1. The van der Waals surface area contributed by atoms with Gasteiger partial charge in [-0.1, -0.05) is 0 Å². The topological polar surface area (TPSA) is 31.4 Å². The van der Waals surface area contributed by atoms with E-state index in [-0.39, 0.29) is 12.4 Å². The number of thiazole rings is 1. The van der Waals surface area contributed by atoms with Gasteiger partial charge in [-0.05, 0) is 44.8 Å². The van der Waals surface area contributed by atoms with Gasteiger partial charge < -0.3 is 15.1 Å². The van der Waals surface area contributed by atoms with Crippen LogP contribution in [0.4, 0.5) is 5.13 Å². The van der Waals surface area contributed by atoms with E-state index < -0.39 is 0 Å². The summed E-state index contributed by atoms with van der Waals surface area (Å²) in [5.41, 5.74) is 0. The molecular formula is C14H25ClN4S. The van der Waals surface area contributed by atoms with Gasteiger partial charge >= 0.3 is 0 Å². The van der Waals surface area contributed by atoms with Crippen molar-refractivity contribution in [1.29, 1.82) is 0 Å².